The SMILES string of the molecule is Nc1cc2cn[nH]c2cc1C(F)(F)F.Nc1nccs1. The van der Waals surface area contributed by atoms with Crippen molar-refractivity contribution in [3.63, 3.8) is 0 Å². The van der Waals surface area contributed by atoms with Crippen LogP contribution in [0.4, 0.5) is 24.0 Å². The highest BCUT2D eigenvalue weighted by atomic mass is 32.1. The number of alkyl halides is 3. The molecule has 0 bridgehead atoms. The number of nitrogens with two attached hydrogens (primary N) is 2. The first-order valence-corrected chi connectivity index (χ1v) is 6.20. The summed E-state index contributed by atoms with van der Waals surface area (Å²) in [7, 11) is 0. The van der Waals surface area contributed by atoms with E-state index < -0.39 is 11.7 Å². The second-order valence-corrected chi connectivity index (χ2v) is 4.69. The quantitative estimate of drug-likeness (QED) is 0.556. The average molecular weight is 301 g/mol. The van der Waals surface area contributed by atoms with Crippen LogP contribution in [0, 0.1) is 0 Å². The Morgan fingerprint density at radius 1 is 1.20 bits per heavy atom. The van der Waals surface area contributed by atoms with Gasteiger partial charge in [0.1, 0.15) is 0 Å². The summed E-state index contributed by atoms with van der Waals surface area (Å²) in [6.45, 7) is 0. The lowest BCUT2D eigenvalue weighted by Gasteiger charge is -2.09. The van der Waals surface area contributed by atoms with Gasteiger partial charge in [0.2, 0.25) is 0 Å². The van der Waals surface area contributed by atoms with Crippen LogP contribution in [0.25, 0.3) is 10.9 Å². The highest BCUT2D eigenvalue weighted by Crippen LogP contribution is 2.35. The van der Waals surface area contributed by atoms with Crippen molar-refractivity contribution in [1.29, 1.82) is 0 Å². The van der Waals surface area contributed by atoms with Gasteiger partial charge in [-0.2, -0.15) is 18.3 Å². The lowest BCUT2D eigenvalue weighted by molar-refractivity contribution is -0.136. The Labute approximate surface area is 115 Å². The lowest BCUT2D eigenvalue weighted by atomic mass is 10.1. The molecule has 0 atom stereocenters. The number of nitrogens with one attached hydrogen (secondary N) is 1. The van der Waals surface area contributed by atoms with Crippen molar-refractivity contribution < 1.29 is 13.2 Å². The molecule has 0 aliphatic rings. The van der Waals surface area contributed by atoms with Crippen LogP contribution in [0.5, 0.6) is 0 Å². The number of aromatic amines is 1. The van der Waals surface area contributed by atoms with E-state index >= 15 is 0 Å². The molecule has 5 nitrogen and oxygen atoms in total. The van der Waals surface area contributed by atoms with Gasteiger partial charge in [-0.15, -0.1) is 11.3 Å². The fourth-order valence-corrected chi connectivity index (χ4v) is 1.87. The molecule has 0 spiro atoms. The number of H-pyrrole nitrogens is 1. The summed E-state index contributed by atoms with van der Waals surface area (Å²) in [5.41, 5.74) is 9.66. The van der Waals surface area contributed by atoms with Crippen LogP contribution in [-0.4, -0.2) is 15.2 Å². The van der Waals surface area contributed by atoms with Gasteiger partial charge in [0, 0.05) is 22.7 Å². The van der Waals surface area contributed by atoms with Crippen LogP contribution in [0.1, 0.15) is 5.56 Å². The van der Waals surface area contributed by atoms with Gasteiger partial charge in [-0.3, -0.25) is 5.10 Å². The maximum absolute atomic E-state index is 12.4. The third-order valence-corrected chi connectivity index (χ3v) is 2.97. The summed E-state index contributed by atoms with van der Waals surface area (Å²) >= 11 is 1.44. The average Bonchev–Trinajstić information content (AvgIpc) is 2.97. The first kappa shape index (κ1) is 14.1. The number of nitrogens with zero attached hydrogens (tertiary/aromatic N) is 2. The third-order valence-electron chi connectivity index (χ3n) is 2.37. The monoisotopic (exact) mass is 301 g/mol. The Kier molecular flexibility index (Phi) is 3.79. The van der Waals surface area contributed by atoms with E-state index in [1.165, 1.54) is 23.6 Å². The smallest absolute Gasteiger partial charge is 0.398 e. The van der Waals surface area contributed by atoms with Crippen LogP contribution < -0.4 is 11.5 Å². The second kappa shape index (κ2) is 5.37. The Morgan fingerprint density at radius 3 is 2.45 bits per heavy atom. The summed E-state index contributed by atoms with van der Waals surface area (Å²) in [6.07, 6.45) is -1.32. The van der Waals surface area contributed by atoms with Crippen LogP contribution in [0.3, 0.4) is 0 Å². The normalized spacial score (nSPS) is 11.2. The van der Waals surface area contributed by atoms with Crippen molar-refractivity contribution in [2.45, 2.75) is 6.18 Å². The first-order valence-electron chi connectivity index (χ1n) is 5.32. The minimum atomic E-state index is -4.43. The van der Waals surface area contributed by atoms with Crippen molar-refractivity contribution in [2.75, 3.05) is 11.5 Å². The number of thiazole rings is 1. The molecule has 9 heteroatoms. The summed E-state index contributed by atoms with van der Waals surface area (Å²) in [6, 6.07) is 2.21. The zero-order valence-corrected chi connectivity index (χ0v) is 10.8. The Bertz CT molecular complexity index is 690. The predicted molar refractivity (Wildman–Crippen MR) is 72.0 cm³/mol. The molecular weight excluding hydrogens is 291 g/mol. The number of aromatic nitrogens is 3. The van der Waals surface area contributed by atoms with Gasteiger partial charge in [0.25, 0.3) is 0 Å². The topological polar surface area (TPSA) is 93.6 Å². The standard InChI is InChI=1S/C8H6F3N3.C3H4N2S/c9-8(10,11)5-2-7-4(1-6(5)12)3-13-14-7;4-3-5-1-2-6-3/h1-3H,12H2,(H,13,14);1-2H,(H2,4,5). The highest BCUT2D eigenvalue weighted by Gasteiger charge is 2.33. The molecule has 0 amide bonds. The molecule has 0 aliphatic heterocycles. The molecule has 0 aliphatic carbocycles. The molecule has 0 saturated heterocycles. The Morgan fingerprint density at radius 2 is 1.95 bits per heavy atom. The fraction of sp³-hybridized carbons (Fsp3) is 0.0909. The molecule has 0 fully saturated rings. The van der Waals surface area contributed by atoms with E-state index in [0.717, 1.165) is 6.07 Å². The molecule has 3 aromatic rings. The molecule has 0 saturated carbocycles. The molecule has 3 rings (SSSR count). The molecule has 2 aromatic heterocycles. The van der Waals surface area contributed by atoms with Crippen molar-refractivity contribution in [1.82, 2.24) is 15.2 Å². The summed E-state index contributed by atoms with van der Waals surface area (Å²) in [4.78, 5) is 3.71. The van der Waals surface area contributed by atoms with Gasteiger partial charge in [-0.05, 0) is 12.1 Å². The number of halogens is 3. The zero-order valence-electron chi connectivity index (χ0n) is 9.98. The van der Waals surface area contributed by atoms with Crippen molar-refractivity contribution in [3.8, 4) is 0 Å². The Hall–Kier alpha value is -2.29. The van der Waals surface area contributed by atoms with Crippen molar-refractivity contribution >= 4 is 33.1 Å². The maximum atomic E-state index is 12.4. The highest BCUT2D eigenvalue weighted by molar-refractivity contribution is 7.13. The largest absolute Gasteiger partial charge is 0.418 e. The van der Waals surface area contributed by atoms with E-state index in [0.29, 0.717) is 16.0 Å². The summed E-state index contributed by atoms with van der Waals surface area (Å²) in [5, 5.41) is 9.11. The van der Waals surface area contributed by atoms with Gasteiger partial charge >= 0.3 is 6.18 Å². The molecule has 0 unspecified atom stereocenters. The van der Waals surface area contributed by atoms with E-state index in [1.807, 2.05) is 5.38 Å². The lowest BCUT2D eigenvalue weighted by Crippen LogP contribution is -2.08. The third kappa shape index (κ3) is 3.18. The maximum Gasteiger partial charge on any atom is 0.418 e. The molecule has 5 N–H and O–H groups in total. The zero-order chi connectivity index (χ0) is 14.8. The number of hydrogen-bond acceptors (Lipinski definition) is 5. The first-order chi connectivity index (χ1) is 9.38. The predicted octanol–water partition coefficient (Wildman–Crippen LogP) is 2.89. The molecule has 20 heavy (non-hydrogen) atoms. The van der Waals surface area contributed by atoms with Crippen LogP contribution in [-0.2, 0) is 6.18 Å². The van der Waals surface area contributed by atoms with Gasteiger partial charge in [0.05, 0.1) is 17.3 Å². The van der Waals surface area contributed by atoms with Crippen LogP contribution >= 0.6 is 11.3 Å². The second-order valence-electron chi connectivity index (χ2n) is 3.76. The fourth-order valence-electron chi connectivity index (χ4n) is 1.49. The van der Waals surface area contributed by atoms with Crippen LogP contribution in [0.2, 0.25) is 0 Å². The number of fused-ring (bicyclic) bond motifs is 1. The number of anilines is 2. The van der Waals surface area contributed by atoms with E-state index in [-0.39, 0.29) is 5.69 Å². The molecule has 0 radical (unpaired) electrons. The Balaban J connectivity index is 0.000000205. The van der Waals surface area contributed by atoms with Gasteiger partial charge in [0.15, 0.2) is 5.13 Å². The van der Waals surface area contributed by atoms with E-state index in [9.17, 15) is 13.2 Å². The number of rotatable bonds is 0. The van der Waals surface area contributed by atoms with Gasteiger partial charge in [-0.25, -0.2) is 4.98 Å². The molecular formula is C11H10F3N5S. The minimum Gasteiger partial charge on any atom is -0.398 e. The summed E-state index contributed by atoms with van der Waals surface area (Å²) in [5.74, 6) is 0. The van der Waals surface area contributed by atoms with E-state index in [4.69, 9.17) is 11.5 Å². The van der Waals surface area contributed by atoms with Crippen LogP contribution in [0.15, 0.2) is 29.9 Å². The molecule has 2 heterocycles. The van der Waals surface area contributed by atoms with Gasteiger partial charge in [-0.1, -0.05) is 0 Å². The molecule has 106 valence electrons. The number of hydrogen-bond donors (Lipinski definition) is 3. The van der Waals surface area contributed by atoms with Crippen molar-refractivity contribution in [2.24, 2.45) is 0 Å². The van der Waals surface area contributed by atoms with E-state index in [1.54, 1.807) is 6.20 Å². The minimum absolute atomic E-state index is 0.286. The number of benzene rings is 1. The summed E-state index contributed by atoms with van der Waals surface area (Å²) < 4.78 is 37.1. The van der Waals surface area contributed by atoms with Gasteiger partial charge < -0.3 is 11.5 Å². The molecule has 1 aromatic carbocycles. The van der Waals surface area contributed by atoms with Crippen molar-refractivity contribution in [3.05, 3.63) is 35.5 Å². The van der Waals surface area contributed by atoms with E-state index in [2.05, 4.69) is 15.2 Å². The number of nitrogen functional groups attached to an aromatic ring is 2.